The molecule has 1 amide bonds. The monoisotopic (exact) mass is 261 g/mol. The smallest absolute Gasteiger partial charge is 0.270 e. The Bertz CT molecular complexity index is 433. The average Bonchev–Trinajstić information content (AvgIpc) is 2.82. The summed E-state index contributed by atoms with van der Waals surface area (Å²) in [6.45, 7) is 5.21. The van der Waals surface area contributed by atoms with Gasteiger partial charge in [-0.3, -0.25) is 4.79 Å². The second kappa shape index (κ2) is 6.55. The number of carbonyl (C=O) groups is 1. The molecular formula is C15H23N3O. The van der Waals surface area contributed by atoms with Crippen molar-refractivity contribution in [1.82, 2.24) is 10.3 Å². The van der Waals surface area contributed by atoms with E-state index in [0.717, 1.165) is 37.5 Å². The normalized spacial score (nSPS) is 22.2. The highest BCUT2D eigenvalue weighted by atomic mass is 16.1. The molecule has 1 aromatic heterocycles. The van der Waals surface area contributed by atoms with Crippen molar-refractivity contribution >= 4 is 11.7 Å². The van der Waals surface area contributed by atoms with Gasteiger partial charge < -0.3 is 10.6 Å². The highest BCUT2D eigenvalue weighted by Crippen LogP contribution is 2.24. The van der Waals surface area contributed by atoms with Crippen LogP contribution in [0.5, 0.6) is 0 Å². The van der Waals surface area contributed by atoms with E-state index in [-0.39, 0.29) is 5.91 Å². The molecule has 1 aliphatic carbocycles. The SMILES string of the molecule is CCCNc1cccc(C(=O)NC2CCC(C)C2)n1. The minimum absolute atomic E-state index is 0.0563. The van der Waals surface area contributed by atoms with E-state index in [1.54, 1.807) is 6.07 Å². The maximum Gasteiger partial charge on any atom is 0.270 e. The fourth-order valence-electron chi connectivity index (χ4n) is 2.51. The standard InChI is InChI=1S/C15H23N3O/c1-3-9-16-14-6-4-5-13(18-14)15(19)17-12-8-7-11(2)10-12/h4-6,11-12H,3,7-10H2,1-2H3,(H,16,18)(H,17,19). The van der Waals surface area contributed by atoms with E-state index >= 15 is 0 Å². The summed E-state index contributed by atoms with van der Waals surface area (Å²) in [4.78, 5) is 16.5. The summed E-state index contributed by atoms with van der Waals surface area (Å²) in [7, 11) is 0. The van der Waals surface area contributed by atoms with Gasteiger partial charge >= 0.3 is 0 Å². The summed E-state index contributed by atoms with van der Waals surface area (Å²) < 4.78 is 0. The number of nitrogens with zero attached hydrogens (tertiary/aromatic N) is 1. The number of nitrogens with one attached hydrogen (secondary N) is 2. The Balaban J connectivity index is 1.94. The first-order chi connectivity index (χ1) is 9.19. The van der Waals surface area contributed by atoms with Gasteiger partial charge in [-0.15, -0.1) is 0 Å². The van der Waals surface area contributed by atoms with Crippen LogP contribution >= 0.6 is 0 Å². The van der Waals surface area contributed by atoms with E-state index in [0.29, 0.717) is 11.7 Å². The second-order valence-electron chi connectivity index (χ2n) is 5.42. The first-order valence-electron chi connectivity index (χ1n) is 7.21. The largest absolute Gasteiger partial charge is 0.370 e. The Morgan fingerprint density at radius 2 is 2.26 bits per heavy atom. The van der Waals surface area contributed by atoms with E-state index < -0.39 is 0 Å². The molecule has 104 valence electrons. The summed E-state index contributed by atoms with van der Waals surface area (Å²) in [5, 5.41) is 6.28. The fourth-order valence-corrected chi connectivity index (χ4v) is 2.51. The van der Waals surface area contributed by atoms with Crippen LogP contribution in [0.1, 0.15) is 50.0 Å². The van der Waals surface area contributed by atoms with E-state index in [9.17, 15) is 4.79 Å². The number of carbonyl (C=O) groups excluding carboxylic acids is 1. The van der Waals surface area contributed by atoms with Crippen LogP contribution in [0.15, 0.2) is 18.2 Å². The zero-order chi connectivity index (χ0) is 13.7. The first kappa shape index (κ1) is 13.8. The maximum atomic E-state index is 12.1. The summed E-state index contributed by atoms with van der Waals surface area (Å²) in [6, 6.07) is 5.85. The van der Waals surface area contributed by atoms with Crippen molar-refractivity contribution in [3.05, 3.63) is 23.9 Å². The molecule has 0 aromatic carbocycles. The molecule has 2 N–H and O–H groups in total. The molecule has 2 atom stereocenters. The third kappa shape index (κ3) is 3.94. The summed E-state index contributed by atoms with van der Waals surface area (Å²) in [5.41, 5.74) is 0.501. The highest BCUT2D eigenvalue weighted by Gasteiger charge is 2.23. The molecule has 1 saturated carbocycles. The van der Waals surface area contributed by atoms with Crippen molar-refractivity contribution in [2.45, 2.75) is 45.6 Å². The lowest BCUT2D eigenvalue weighted by molar-refractivity contribution is 0.0932. The molecule has 0 saturated heterocycles. The van der Waals surface area contributed by atoms with Gasteiger partial charge in [0.15, 0.2) is 0 Å². The van der Waals surface area contributed by atoms with E-state index in [2.05, 4.69) is 29.5 Å². The number of anilines is 1. The molecule has 2 unspecified atom stereocenters. The minimum atomic E-state index is -0.0563. The number of aromatic nitrogens is 1. The molecular weight excluding hydrogens is 238 g/mol. The van der Waals surface area contributed by atoms with Crippen LogP contribution in [0.2, 0.25) is 0 Å². The van der Waals surface area contributed by atoms with Crippen LogP contribution in [0.4, 0.5) is 5.82 Å². The van der Waals surface area contributed by atoms with Crippen molar-refractivity contribution in [3.8, 4) is 0 Å². The molecule has 1 heterocycles. The Morgan fingerprint density at radius 3 is 2.95 bits per heavy atom. The number of amides is 1. The number of hydrogen-bond acceptors (Lipinski definition) is 3. The lowest BCUT2D eigenvalue weighted by atomic mass is 10.1. The summed E-state index contributed by atoms with van der Waals surface area (Å²) >= 11 is 0. The van der Waals surface area contributed by atoms with Crippen molar-refractivity contribution in [2.75, 3.05) is 11.9 Å². The van der Waals surface area contributed by atoms with E-state index in [1.165, 1.54) is 6.42 Å². The van der Waals surface area contributed by atoms with Gasteiger partial charge in [0.05, 0.1) is 0 Å². The van der Waals surface area contributed by atoms with Gasteiger partial charge in [0.1, 0.15) is 11.5 Å². The molecule has 1 aliphatic rings. The Morgan fingerprint density at radius 1 is 1.42 bits per heavy atom. The van der Waals surface area contributed by atoms with Crippen LogP contribution in [0.3, 0.4) is 0 Å². The third-order valence-electron chi connectivity index (χ3n) is 3.57. The average molecular weight is 261 g/mol. The van der Waals surface area contributed by atoms with Crippen molar-refractivity contribution in [1.29, 1.82) is 0 Å². The first-order valence-corrected chi connectivity index (χ1v) is 7.21. The maximum absolute atomic E-state index is 12.1. The van der Waals surface area contributed by atoms with Gasteiger partial charge in [-0.05, 0) is 43.7 Å². The van der Waals surface area contributed by atoms with Gasteiger partial charge in [-0.25, -0.2) is 4.98 Å². The van der Waals surface area contributed by atoms with Crippen LogP contribution in [0.25, 0.3) is 0 Å². The predicted molar refractivity (Wildman–Crippen MR) is 77.3 cm³/mol. The van der Waals surface area contributed by atoms with Gasteiger partial charge in [0.2, 0.25) is 0 Å². The van der Waals surface area contributed by atoms with Gasteiger partial charge in [-0.2, -0.15) is 0 Å². The molecule has 1 fully saturated rings. The molecule has 0 radical (unpaired) electrons. The molecule has 4 nitrogen and oxygen atoms in total. The lowest BCUT2D eigenvalue weighted by Gasteiger charge is -2.12. The molecule has 0 spiro atoms. The van der Waals surface area contributed by atoms with Gasteiger partial charge in [0.25, 0.3) is 5.91 Å². The van der Waals surface area contributed by atoms with Crippen molar-refractivity contribution < 1.29 is 4.79 Å². The van der Waals surface area contributed by atoms with Crippen molar-refractivity contribution in [3.63, 3.8) is 0 Å². The molecule has 0 aliphatic heterocycles. The molecule has 1 aromatic rings. The second-order valence-corrected chi connectivity index (χ2v) is 5.42. The molecule has 19 heavy (non-hydrogen) atoms. The topological polar surface area (TPSA) is 54.0 Å². The van der Waals surface area contributed by atoms with Crippen LogP contribution < -0.4 is 10.6 Å². The zero-order valence-electron chi connectivity index (χ0n) is 11.8. The Hall–Kier alpha value is -1.58. The predicted octanol–water partition coefficient (Wildman–Crippen LogP) is 2.82. The molecule has 4 heteroatoms. The summed E-state index contributed by atoms with van der Waals surface area (Å²) in [5.74, 6) is 1.43. The Labute approximate surface area is 115 Å². The number of hydrogen-bond donors (Lipinski definition) is 2. The van der Waals surface area contributed by atoms with Gasteiger partial charge in [0, 0.05) is 12.6 Å². The summed E-state index contributed by atoms with van der Waals surface area (Å²) in [6.07, 6.45) is 4.41. The molecule has 2 rings (SSSR count). The van der Waals surface area contributed by atoms with Crippen LogP contribution in [0, 0.1) is 5.92 Å². The van der Waals surface area contributed by atoms with Crippen molar-refractivity contribution in [2.24, 2.45) is 5.92 Å². The third-order valence-corrected chi connectivity index (χ3v) is 3.57. The quantitative estimate of drug-likeness (QED) is 0.857. The fraction of sp³-hybridized carbons (Fsp3) is 0.600. The zero-order valence-corrected chi connectivity index (χ0v) is 11.8. The van der Waals surface area contributed by atoms with E-state index in [4.69, 9.17) is 0 Å². The highest BCUT2D eigenvalue weighted by molar-refractivity contribution is 5.92. The number of pyridine rings is 1. The van der Waals surface area contributed by atoms with E-state index in [1.807, 2.05) is 12.1 Å². The lowest BCUT2D eigenvalue weighted by Crippen LogP contribution is -2.33. The van der Waals surface area contributed by atoms with Crippen LogP contribution in [-0.4, -0.2) is 23.5 Å². The minimum Gasteiger partial charge on any atom is -0.370 e. The molecule has 0 bridgehead atoms. The number of rotatable bonds is 5. The van der Waals surface area contributed by atoms with Crippen LogP contribution in [-0.2, 0) is 0 Å². The van der Waals surface area contributed by atoms with Gasteiger partial charge in [-0.1, -0.05) is 19.9 Å². The Kier molecular flexibility index (Phi) is 4.77.